The Morgan fingerprint density at radius 1 is 1.55 bits per heavy atom. The molecule has 0 spiro atoms. The fraction of sp³-hybridized carbons (Fsp3) is 0.562. The van der Waals surface area contributed by atoms with Gasteiger partial charge in [-0.15, -0.1) is 0 Å². The molecular weight excluding hydrogens is 286 g/mol. The van der Waals surface area contributed by atoms with Gasteiger partial charge in [-0.1, -0.05) is 12.1 Å². The molecule has 2 atom stereocenters. The number of carbonyl (C=O) groups is 1. The summed E-state index contributed by atoms with van der Waals surface area (Å²) in [4.78, 5) is 12.3. The van der Waals surface area contributed by atoms with Crippen molar-refractivity contribution in [1.29, 1.82) is 0 Å². The minimum absolute atomic E-state index is 0.136. The highest BCUT2D eigenvalue weighted by atomic mass is 16.5. The molecule has 0 saturated carbocycles. The number of amides is 1. The second-order valence-corrected chi connectivity index (χ2v) is 5.23. The minimum Gasteiger partial charge on any atom is -0.490 e. The summed E-state index contributed by atoms with van der Waals surface area (Å²) in [5.74, 6) is 1.02. The molecule has 0 bridgehead atoms. The first-order chi connectivity index (χ1) is 10.7. The lowest BCUT2D eigenvalue weighted by atomic mass is 9.95. The van der Waals surface area contributed by atoms with E-state index in [4.69, 9.17) is 14.2 Å². The molecule has 6 heteroatoms. The van der Waals surface area contributed by atoms with Crippen molar-refractivity contribution in [2.24, 2.45) is 5.92 Å². The molecule has 0 aromatic heterocycles. The fourth-order valence-electron chi connectivity index (χ4n) is 2.49. The number of hydrogen-bond donors (Lipinski definition) is 2. The summed E-state index contributed by atoms with van der Waals surface area (Å²) in [6.45, 7) is 2.91. The molecule has 6 nitrogen and oxygen atoms in total. The van der Waals surface area contributed by atoms with Crippen LogP contribution in [0.25, 0.3) is 0 Å². The number of ether oxygens (including phenoxy) is 3. The van der Waals surface area contributed by atoms with Crippen molar-refractivity contribution in [3.05, 3.63) is 23.8 Å². The van der Waals surface area contributed by atoms with Crippen molar-refractivity contribution in [3.63, 3.8) is 0 Å². The maximum absolute atomic E-state index is 12.3. The quantitative estimate of drug-likeness (QED) is 0.777. The molecule has 1 heterocycles. The average molecular weight is 309 g/mol. The van der Waals surface area contributed by atoms with Crippen molar-refractivity contribution in [2.75, 3.05) is 33.5 Å². The molecular formula is C16H23NO5. The molecule has 1 aromatic carbocycles. The fourth-order valence-corrected chi connectivity index (χ4v) is 2.49. The molecule has 22 heavy (non-hydrogen) atoms. The van der Waals surface area contributed by atoms with Gasteiger partial charge in [0.1, 0.15) is 6.61 Å². The molecule has 2 rings (SSSR count). The third-order valence-electron chi connectivity index (χ3n) is 3.56. The predicted molar refractivity (Wildman–Crippen MR) is 81.2 cm³/mol. The normalized spacial score (nSPS) is 18.0. The van der Waals surface area contributed by atoms with Crippen molar-refractivity contribution in [2.45, 2.75) is 19.4 Å². The number of fused-ring (bicyclic) bond motifs is 1. The Hall–Kier alpha value is -1.79. The van der Waals surface area contributed by atoms with Crippen molar-refractivity contribution >= 4 is 5.91 Å². The molecule has 0 radical (unpaired) electrons. The van der Waals surface area contributed by atoms with Gasteiger partial charge in [0.2, 0.25) is 5.91 Å². The van der Waals surface area contributed by atoms with Crippen LogP contribution in [0.4, 0.5) is 0 Å². The molecule has 1 aromatic rings. The van der Waals surface area contributed by atoms with Crippen LogP contribution in [0.3, 0.4) is 0 Å². The first-order valence-corrected chi connectivity index (χ1v) is 7.47. The van der Waals surface area contributed by atoms with Gasteiger partial charge < -0.3 is 24.6 Å². The molecule has 122 valence electrons. The van der Waals surface area contributed by atoms with E-state index in [9.17, 15) is 9.90 Å². The van der Waals surface area contributed by atoms with E-state index in [1.807, 2.05) is 25.1 Å². The van der Waals surface area contributed by atoms with Crippen LogP contribution in [0.15, 0.2) is 18.2 Å². The summed E-state index contributed by atoms with van der Waals surface area (Å²) in [7, 11) is 1.53. The maximum Gasteiger partial charge on any atom is 0.227 e. The number of hydrogen-bond acceptors (Lipinski definition) is 5. The van der Waals surface area contributed by atoms with Gasteiger partial charge in [0.25, 0.3) is 0 Å². The lowest BCUT2D eigenvalue weighted by molar-refractivity contribution is -0.127. The van der Waals surface area contributed by atoms with E-state index in [0.717, 1.165) is 11.3 Å². The van der Waals surface area contributed by atoms with E-state index in [0.29, 0.717) is 25.4 Å². The van der Waals surface area contributed by atoms with E-state index < -0.39 is 6.04 Å². The second-order valence-electron chi connectivity index (χ2n) is 5.23. The van der Waals surface area contributed by atoms with Gasteiger partial charge in [-0.05, 0) is 25.0 Å². The van der Waals surface area contributed by atoms with Crippen LogP contribution >= 0.6 is 0 Å². The summed E-state index contributed by atoms with van der Waals surface area (Å²) in [6.07, 6.45) is 0.590. The Morgan fingerprint density at radius 3 is 3.05 bits per heavy atom. The van der Waals surface area contributed by atoms with Gasteiger partial charge in [-0.2, -0.15) is 0 Å². The summed E-state index contributed by atoms with van der Waals surface area (Å²) < 4.78 is 16.2. The van der Waals surface area contributed by atoms with Crippen LogP contribution < -0.4 is 14.8 Å². The van der Waals surface area contributed by atoms with Crippen LogP contribution in [-0.2, 0) is 16.0 Å². The number of rotatable bonds is 7. The lowest BCUT2D eigenvalue weighted by Crippen LogP contribution is -2.46. The number of methoxy groups -OCH3 is 1. The van der Waals surface area contributed by atoms with Crippen LogP contribution in [-0.4, -0.2) is 50.6 Å². The Balaban J connectivity index is 2.02. The highest BCUT2D eigenvalue weighted by molar-refractivity contribution is 5.80. The summed E-state index contributed by atoms with van der Waals surface area (Å²) >= 11 is 0. The van der Waals surface area contributed by atoms with E-state index in [-0.39, 0.29) is 25.0 Å². The smallest absolute Gasteiger partial charge is 0.227 e. The van der Waals surface area contributed by atoms with Gasteiger partial charge in [0, 0.05) is 7.11 Å². The molecule has 1 aliphatic rings. The first kappa shape index (κ1) is 16.6. The zero-order valence-electron chi connectivity index (χ0n) is 13.0. The number of aliphatic hydroxyl groups is 1. The van der Waals surface area contributed by atoms with E-state index in [1.54, 1.807) is 0 Å². The predicted octanol–water partition coefficient (Wildman–Crippen LogP) is 0.760. The SMILES string of the molecule is CCOc1cccc2c1OC[C@@H](C(=O)N[C@@H](CO)COC)C2. The lowest BCUT2D eigenvalue weighted by Gasteiger charge is -2.27. The van der Waals surface area contributed by atoms with Crippen LogP contribution in [0, 0.1) is 5.92 Å². The monoisotopic (exact) mass is 309 g/mol. The Kier molecular flexibility index (Phi) is 6.03. The summed E-state index contributed by atoms with van der Waals surface area (Å²) in [5, 5.41) is 12.0. The Morgan fingerprint density at radius 2 is 2.36 bits per heavy atom. The standard InChI is InChI=1S/C16H23NO5/c1-3-21-14-6-4-5-11-7-12(9-22-15(11)14)16(19)17-13(8-18)10-20-2/h4-6,12-13,18H,3,7-10H2,1-2H3,(H,17,19)/t12-,13-/m0/s1. The highest BCUT2D eigenvalue weighted by Crippen LogP contribution is 2.36. The van der Waals surface area contributed by atoms with Crippen LogP contribution in [0.2, 0.25) is 0 Å². The molecule has 0 unspecified atom stereocenters. The van der Waals surface area contributed by atoms with Gasteiger partial charge in [0.15, 0.2) is 11.5 Å². The highest BCUT2D eigenvalue weighted by Gasteiger charge is 2.29. The zero-order valence-corrected chi connectivity index (χ0v) is 13.0. The van der Waals surface area contributed by atoms with Gasteiger partial charge in [0.05, 0.1) is 31.8 Å². The van der Waals surface area contributed by atoms with Crippen molar-refractivity contribution < 1.29 is 24.1 Å². The van der Waals surface area contributed by atoms with Gasteiger partial charge in [-0.25, -0.2) is 0 Å². The Labute approximate surface area is 130 Å². The summed E-state index contributed by atoms with van der Waals surface area (Å²) in [6, 6.07) is 5.31. The van der Waals surface area contributed by atoms with E-state index in [1.165, 1.54) is 7.11 Å². The molecule has 1 amide bonds. The Bertz CT molecular complexity index is 505. The van der Waals surface area contributed by atoms with Crippen molar-refractivity contribution in [3.8, 4) is 11.5 Å². The second kappa shape index (κ2) is 8.00. The molecule has 1 aliphatic heterocycles. The number of nitrogens with one attached hydrogen (secondary N) is 1. The number of carbonyl (C=O) groups excluding carboxylic acids is 1. The van der Waals surface area contributed by atoms with E-state index in [2.05, 4.69) is 5.32 Å². The van der Waals surface area contributed by atoms with Crippen LogP contribution in [0.5, 0.6) is 11.5 Å². The average Bonchev–Trinajstić information content (AvgIpc) is 2.54. The molecule has 0 aliphatic carbocycles. The molecule has 0 saturated heterocycles. The minimum atomic E-state index is -0.395. The van der Waals surface area contributed by atoms with Gasteiger partial charge in [-0.3, -0.25) is 4.79 Å². The molecule has 0 fully saturated rings. The molecule has 2 N–H and O–H groups in total. The first-order valence-electron chi connectivity index (χ1n) is 7.47. The van der Waals surface area contributed by atoms with Crippen molar-refractivity contribution in [1.82, 2.24) is 5.32 Å². The third kappa shape index (κ3) is 3.90. The van der Waals surface area contributed by atoms with Crippen LogP contribution in [0.1, 0.15) is 12.5 Å². The maximum atomic E-state index is 12.3. The number of para-hydroxylation sites is 1. The van der Waals surface area contributed by atoms with E-state index >= 15 is 0 Å². The zero-order chi connectivity index (χ0) is 15.9. The number of benzene rings is 1. The topological polar surface area (TPSA) is 77.0 Å². The number of aliphatic hydroxyl groups excluding tert-OH is 1. The summed E-state index contributed by atoms with van der Waals surface area (Å²) in [5.41, 5.74) is 0.963. The third-order valence-corrected chi connectivity index (χ3v) is 3.56. The van der Waals surface area contributed by atoms with Gasteiger partial charge >= 0.3 is 0 Å². The largest absolute Gasteiger partial charge is 0.490 e.